The molecule has 2 unspecified atom stereocenters. The molecule has 1 aromatic carbocycles. The summed E-state index contributed by atoms with van der Waals surface area (Å²) in [7, 11) is -1.71. The van der Waals surface area contributed by atoms with Gasteiger partial charge in [0.2, 0.25) is 16.0 Å². The number of hydrogen-bond acceptors (Lipinski definition) is 9. The fourth-order valence-electron chi connectivity index (χ4n) is 5.72. The zero-order chi connectivity index (χ0) is 28.6. The summed E-state index contributed by atoms with van der Waals surface area (Å²) in [5.41, 5.74) is 2.25. The number of sulfonamides is 1. The van der Waals surface area contributed by atoms with Gasteiger partial charge in [-0.25, -0.2) is 22.8 Å². The van der Waals surface area contributed by atoms with Crippen LogP contribution in [0.5, 0.6) is 0 Å². The van der Waals surface area contributed by atoms with Crippen molar-refractivity contribution < 1.29 is 17.5 Å². The zero-order valence-corrected chi connectivity index (χ0v) is 24.5. The van der Waals surface area contributed by atoms with Gasteiger partial charge in [0.25, 0.3) is 0 Å². The monoisotopic (exact) mass is 571 g/mol. The van der Waals surface area contributed by atoms with Crippen LogP contribution in [0.3, 0.4) is 0 Å². The van der Waals surface area contributed by atoms with E-state index < -0.39 is 22.3 Å². The van der Waals surface area contributed by atoms with Crippen molar-refractivity contribution in [3.8, 4) is 0 Å². The third-order valence-corrected chi connectivity index (χ3v) is 9.26. The summed E-state index contributed by atoms with van der Waals surface area (Å²) in [6.07, 6.45) is 3.88. The lowest BCUT2D eigenvalue weighted by molar-refractivity contribution is 0.0194. The molecule has 12 heteroatoms. The van der Waals surface area contributed by atoms with Gasteiger partial charge in [0.1, 0.15) is 17.8 Å². The molecule has 2 aliphatic rings. The largest absolute Gasteiger partial charge is 0.378 e. The molecule has 1 N–H and O–H groups in total. The van der Waals surface area contributed by atoms with Crippen LogP contribution >= 0.6 is 0 Å². The number of benzene rings is 1. The molecular formula is C28H38FN7O3S. The second kappa shape index (κ2) is 11.4. The molecule has 10 nitrogen and oxygen atoms in total. The highest BCUT2D eigenvalue weighted by Gasteiger charge is 2.36. The summed E-state index contributed by atoms with van der Waals surface area (Å²) in [6, 6.07) is 8.03. The van der Waals surface area contributed by atoms with Gasteiger partial charge >= 0.3 is 0 Å². The molecule has 2 saturated heterocycles. The van der Waals surface area contributed by atoms with Crippen LogP contribution in [0.4, 0.5) is 27.7 Å². The van der Waals surface area contributed by atoms with Gasteiger partial charge in [-0.2, -0.15) is 9.29 Å². The number of methoxy groups -OCH3 is 1. The minimum atomic E-state index is -3.24. The van der Waals surface area contributed by atoms with Crippen LogP contribution in [0.2, 0.25) is 0 Å². The number of likely N-dealkylation sites (N-methyl/N-ethyl adjacent to an activating group) is 1. The fraction of sp³-hybridized carbons (Fsp3) is 0.536. The minimum Gasteiger partial charge on any atom is -0.378 e. The molecule has 2 aromatic heterocycles. The maximum atomic E-state index is 14.5. The molecule has 0 spiro atoms. The van der Waals surface area contributed by atoms with Crippen molar-refractivity contribution in [2.75, 3.05) is 61.2 Å². The smallest absolute Gasteiger partial charge is 0.227 e. The maximum Gasteiger partial charge on any atom is 0.227 e. The lowest BCUT2D eigenvalue weighted by atomic mass is 9.94. The van der Waals surface area contributed by atoms with Gasteiger partial charge in [0.05, 0.1) is 24.9 Å². The van der Waals surface area contributed by atoms with Gasteiger partial charge in [-0.15, -0.1) is 0 Å². The number of nitrogens with zero attached hydrogens (tertiary/aromatic N) is 6. The molecule has 3 aromatic rings. The van der Waals surface area contributed by atoms with Crippen molar-refractivity contribution in [1.82, 2.24) is 19.3 Å². The van der Waals surface area contributed by atoms with E-state index in [0.717, 1.165) is 16.5 Å². The Balaban J connectivity index is 1.38. The number of pyridine rings is 1. The van der Waals surface area contributed by atoms with Gasteiger partial charge in [-0.3, -0.25) is 0 Å². The van der Waals surface area contributed by atoms with E-state index in [-0.39, 0.29) is 12.6 Å². The summed E-state index contributed by atoms with van der Waals surface area (Å²) in [5.74, 6) is 1.99. The predicted molar refractivity (Wildman–Crippen MR) is 157 cm³/mol. The summed E-state index contributed by atoms with van der Waals surface area (Å²) < 4.78 is 45.6. The van der Waals surface area contributed by atoms with E-state index in [2.05, 4.69) is 46.2 Å². The van der Waals surface area contributed by atoms with Crippen LogP contribution in [-0.4, -0.2) is 92.1 Å². The van der Waals surface area contributed by atoms with E-state index in [1.165, 1.54) is 18.9 Å². The molecule has 2 fully saturated rings. The number of aromatic nitrogens is 3. The SMILES string of the molecule is CCN(C1CN(c2ccc(C(C)C)c3cc(Nc4ccnc(N5CCC(OC)C(F)C5)n4)ncc23)C1)S(C)(=O)=O. The van der Waals surface area contributed by atoms with Gasteiger partial charge < -0.3 is 19.9 Å². The van der Waals surface area contributed by atoms with Crippen molar-refractivity contribution in [2.24, 2.45) is 0 Å². The second-order valence-electron chi connectivity index (χ2n) is 10.9. The van der Waals surface area contributed by atoms with E-state index in [4.69, 9.17) is 9.72 Å². The number of rotatable bonds is 9. The van der Waals surface area contributed by atoms with Crippen molar-refractivity contribution in [2.45, 2.75) is 51.4 Å². The normalized spacial score (nSPS) is 20.4. The molecule has 2 aliphatic heterocycles. The molecular weight excluding hydrogens is 533 g/mol. The highest BCUT2D eigenvalue weighted by Crippen LogP contribution is 2.37. The van der Waals surface area contributed by atoms with Crippen LogP contribution in [0.15, 0.2) is 36.7 Å². The highest BCUT2D eigenvalue weighted by atomic mass is 32.2. The first-order valence-electron chi connectivity index (χ1n) is 13.7. The quantitative estimate of drug-likeness (QED) is 0.409. The standard InChI is InChI=1S/C28H38FN7O3S/c1-6-36(40(5,37)38)19-15-35(16-19)24-8-7-20(18(2)3)21-13-27(31-14-22(21)24)32-26-9-11-30-28(33-26)34-12-10-25(39-4)23(29)17-34/h7-9,11,13-14,18-19,23,25H,6,10,12,15-17H2,1-5H3,(H,30,31,32,33). The molecule has 40 heavy (non-hydrogen) atoms. The lowest BCUT2D eigenvalue weighted by Gasteiger charge is -2.45. The van der Waals surface area contributed by atoms with Crippen LogP contribution in [0, 0.1) is 0 Å². The maximum absolute atomic E-state index is 14.5. The van der Waals surface area contributed by atoms with Gasteiger partial charge in [0.15, 0.2) is 0 Å². The Hall–Kier alpha value is -3.09. The average Bonchev–Trinajstić information content (AvgIpc) is 2.89. The molecule has 0 bridgehead atoms. The average molecular weight is 572 g/mol. The number of halogens is 1. The molecule has 5 rings (SSSR count). The van der Waals surface area contributed by atoms with Crippen LogP contribution in [-0.2, 0) is 14.8 Å². The van der Waals surface area contributed by atoms with Crippen molar-refractivity contribution >= 4 is 44.1 Å². The van der Waals surface area contributed by atoms with Crippen LogP contribution < -0.4 is 15.1 Å². The van der Waals surface area contributed by atoms with E-state index in [9.17, 15) is 12.8 Å². The first-order valence-corrected chi connectivity index (χ1v) is 15.6. The lowest BCUT2D eigenvalue weighted by Crippen LogP contribution is -2.60. The number of ether oxygens (including phenoxy) is 1. The molecule has 0 amide bonds. The number of fused-ring (bicyclic) bond motifs is 1. The number of nitrogens with one attached hydrogen (secondary N) is 1. The number of alkyl halides is 1. The molecule has 0 aliphatic carbocycles. The molecule has 2 atom stereocenters. The van der Waals surface area contributed by atoms with E-state index in [0.29, 0.717) is 56.1 Å². The fourth-order valence-corrected chi connectivity index (χ4v) is 6.87. The molecule has 0 saturated carbocycles. The Labute approximate surface area is 235 Å². The zero-order valence-electron chi connectivity index (χ0n) is 23.7. The van der Waals surface area contributed by atoms with Crippen molar-refractivity contribution in [3.63, 3.8) is 0 Å². The van der Waals surface area contributed by atoms with Gasteiger partial charge in [-0.05, 0) is 41.5 Å². The number of piperidine rings is 1. The first-order chi connectivity index (χ1) is 19.1. The highest BCUT2D eigenvalue weighted by molar-refractivity contribution is 7.88. The Morgan fingerprint density at radius 2 is 1.90 bits per heavy atom. The van der Waals surface area contributed by atoms with E-state index >= 15 is 0 Å². The third kappa shape index (κ3) is 5.70. The first kappa shape index (κ1) is 28.4. The Kier molecular flexibility index (Phi) is 8.12. The van der Waals surface area contributed by atoms with Crippen molar-refractivity contribution in [1.29, 1.82) is 0 Å². The topological polar surface area (TPSA) is 104 Å². The van der Waals surface area contributed by atoms with E-state index in [1.807, 2.05) is 24.1 Å². The Bertz CT molecular complexity index is 1470. The second-order valence-corrected chi connectivity index (χ2v) is 12.8. The van der Waals surface area contributed by atoms with Gasteiger partial charge in [0, 0.05) is 56.8 Å². The van der Waals surface area contributed by atoms with Crippen LogP contribution in [0.25, 0.3) is 10.8 Å². The molecule has 0 radical (unpaired) electrons. The number of hydrogen-bond donors (Lipinski definition) is 1. The predicted octanol–water partition coefficient (Wildman–Crippen LogP) is 3.93. The van der Waals surface area contributed by atoms with E-state index in [1.54, 1.807) is 16.6 Å². The number of anilines is 4. The Morgan fingerprint density at radius 1 is 1.12 bits per heavy atom. The summed E-state index contributed by atoms with van der Waals surface area (Å²) >= 11 is 0. The van der Waals surface area contributed by atoms with Crippen molar-refractivity contribution in [3.05, 3.63) is 42.2 Å². The van der Waals surface area contributed by atoms with Gasteiger partial charge in [-0.1, -0.05) is 26.8 Å². The summed E-state index contributed by atoms with van der Waals surface area (Å²) in [5, 5.41) is 5.41. The molecule has 4 heterocycles. The van der Waals surface area contributed by atoms with Crippen LogP contribution in [0.1, 0.15) is 38.7 Å². The Morgan fingerprint density at radius 3 is 2.55 bits per heavy atom. The third-order valence-electron chi connectivity index (χ3n) is 7.85. The molecule has 216 valence electrons. The summed E-state index contributed by atoms with van der Waals surface area (Å²) in [4.78, 5) is 17.7. The minimum absolute atomic E-state index is 0.0337. The summed E-state index contributed by atoms with van der Waals surface area (Å²) in [6.45, 7) is 8.75.